The van der Waals surface area contributed by atoms with E-state index in [1.165, 1.54) is 13.0 Å². The summed E-state index contributed by atoms with van der Waals surface area (Å²) < 4.78 is 50.4. The fourth-order valence-electron chi connectivity index (χ4n) is 1.83. The van der Waals surface area contributed by atoms with Crippen LogP contribution in [0.2, 0.25) is 0 Å². The molecule has 0 aliphatic carbocycles. The first-order valence-corrected chi connectivity index (χ1v) is 7.40. The average molecular weight is 308 g/mol. The van der Waals surface area contributed by atoms with Gasteiger partial charge in [-0.3, -0.25) is 0 Å². The van der Waals surface area contributed by atoms with E-state index in [1.807, 2.05) is 0 Å². The molecule has 8 heteroatoms. The Balaban J connectivity index is 3.33. The van der Waals surface area contributed by atoms with Crippen LogP contribution < -0.4 is 5.73 Å². The highest BCUT2D eigenvalue weighted by molar-refractivity contribution is 7.89. The highest BCUT2D eigenvalue weighted by Crippen LogP contribution is 2.26. The van der Waals surface area contributed by atoms with Crippen LogP contribution in [0.3, 0.4) is 0 Å². The fraction of sp³-hybridized carbons (Fsp3) is 0.500. The lowest BCUT2D eigenvalue weighted by atomic mass is 10.1. The Morgan fingerprint density at radius 1 is 1.35 bits per heavy atom. The summed E-state index contributed by atoms with van der Waals surface area (Å²) in [7, 11) is -4.12. The van der Waals surface area contributed by atoms with Gasteiger partial charge < -0.3 is 10.8 Å². The van der Waals surface area contributed by atoms with E-state index < -0.39 is 29.6 Å². The minimum Gasteiger partial charge on any atom is -0.398 e. The van der Waals surface area contributed by atoms with Crippen LogP contribution in [0.1, 0.15) is 11.1 Å². The zero-order valence-electron chi connectivity index (χ0n) is 11.3. The number of nitrogens with two attached hydrogens (primary N) is 1. The second-order valence-electron chi connectivity index (χ2n) is 4.46. The zero-order chi connectivity index (χ0) is 15.5. The number of aryl methyl sites for hydroxylation is 1. The summed E-state index contributed by atoms with van der Waals surface area (Å²) in [6, 6.07) is 2.99. The van der Waals surface area contributed by atoms with Crippen molar-refractivity contribution in [1.29, 1.82) is 0 Å². The average Bonchev–Trinajstić information content (AvgIpc) is 2.32. The summed E-state index contributed by atoms with van der Waals surface area (Å²) in [5.74, 6) is 0. The molecule has 0 aromatic heterocycles. The van der Waals surface area contributed by atoms with Crippen molar-refractivity contribution in [2.75, 3.05) is 25.4 Å². The minimum absolute atomic E-state index is 0.107. The molecular weight excluding hydrogens is 290 g/mol. The van der Waals surface area contributed by atoms with Gasteiger partial charge >= 0.3 is 0 Å². The summed E-state index contributed by atoms with van der Waals surface area (Å²) in [5.41, 5.74) is 6.93. The van der Waals surface area contributed by atoms with E-state index in [0.717, 1.165) is 0 Å². The van der Waals surface area contributed by atoms with Gasteiger partial charge in [-0.05, 0) is 37.1 Å². The zero-order valence-corrected chi connectivity index (χ0v) is 12.1. The molecule has 0 bridgehead atoms. The number of sulfonamides is 1. The molecule has 0 aliphatic rings. The van der Waals surface area contributed by atoms with Gasteiger partial charge in [0.15, 0.2) is 0 Å². The normalized spacial score (nSPS) is 12.3. The number of nitrogens with zero attached hydrogens (tertiary/aromatic N) is 1. The summed E-state index contributed by atoms with van der Waals surface area (Å²) in [6.07, 6.45) is -2.82. The molecule has 0 fully saturated rings. The molecule has 20 heavy (non-hydrogen) atoms. The quantitative estimate of drug-likeness (QED) is 0.772. The number of aliphatic hydroxyl groups excluding tert-OH is 1. The van der Waals surface area contributed by atoms with Crippen molar-refractivity contribution in [2.24, 2.45) is 0 Å². The second-order valence-corrected chi connectivity index (χ2v) is 6.36. The van der Waals surface area contributed by atoms with E-state index >= 15 is 0 Å². The van der Waals surface area contributed by atoms with Crippen LogP contribution in [0.4, 0.5) is 14.5 Å². The lowest BCUT2D eigenvalue weighted by Gasteiger charge is -2.22. The maximum absolute atomic E-state index is 12.5. The van der Waals surface area contributed by atoms with Crippen LogP contribution >= 0.6 is 0 Å². The van der Waals surface area contributed by atoms with Crippen molar-refractivity contribution in [3.05, 3.63) is 23.3 Å². The molecule has 0 unspecified atom stereocenters. The molecule has 1 rings (SSSR count). The van der Waals surface area contributed by atoms with Gasteiger partial charge in [0.25, 0.3) is 6.43 Å². The van der Waals surface area contributed by atoms with Gasteiger partial charge in [0.2, 0.25) is 10.0 Å². The van der Waals surface area contributed by atoms with E-state index in [0.29, 0.717) is 15.4 Å². The molecule has 0 saturated heterocycles. The van der Waals surface area contributed by atoms with Gasteiger partial charge in [0.1, 0.15) is 0 Å². The lowest BCUT2D eigenvalue weighted by molar-refractivity contribution is 0.113. The number of anilines is 1. The Labute approximate surface area is 117 Å². The minimum atomic E-state index is -4.12. The fourth-order valence-corrected chi connectivity index (χ4v) is 3.58. The predicted molar refractivity (Wildman–Crippen MR) is 72.2 cm³/mol. The van der Waals surface area contributed by atoms with Gasteiger partial charge in [-0.25, -0.2) is 17.2 Å². The first-order chi connectivity index (χ1) is 9.20. The monoisotopic (exact) mass is 308 g/mol. The molecule has 0 aliphatic heterocycles. The highest BCUT2D eigenvalue weighted by atomic mass is 32.2. The van der Waals surface area contributed by atoms with Gasteiger partial charge in [-0.1, -0.05) is 0 Å². The molecule has 0 atom stereocenters. The van der Waals surface area contributed by atoms with Crippen molar-refractivity contribution in [1.82, 2.24) is 4.31 Å². The molecule has 1 aromatic rings. The summed E-state index contributed by atoms with van der Waals surface area (Å²) in [6.45, 7) is 1.29. The highest BCUT2D eigenvalue weighted by Gasteiger charge is 2.28. The third kappa shape index (κ3) is 3.65. The maximum Gasteiger partial charge on any atom is 0.252 e. The summed E-state index contributed by atoms with van der Waals surface area (Å²) in [5, 5.41) is 8.86. The Bertz CT molecular complexity index is 576. The van der Waals surface area contributed by atoms with E-state index in [4.69, 9.17) is 10.8 Å². The van der Waals surface area contributed by atoms with Gasteiger partial charge in [0.05, 0.1) is 18.0 Å². The van der Waals surface area contributed by atoms with Crippen molar-refractivity contribution in [2.45, 2.75) is 25.2 Å². The van der Waals surface area contributed by atoms with E-state index in [-0.39, 0.29) is 17.1 Å². The topological polar surface area (TPSA) is 83.6 Å². The lowest BCUT2D eigenvalue weighted by Crippen LogP contribution is -2.37. The van der Waals surface area contributed by atoms with Crippen LogP contribution in [0.25, 0.3) is 0 Å². The molecule has 1 aromatic carbocycles. The van der Waals surface area contributed by atoms with Crippen LogP contribution in [0.15, 0.2) is 17.0 Å². The third-order valence-corrected chi connectivity index (χ3v) is 4.84. The number of benzene rings is 1. The molecule has 0 saturated carbocycles. The first-order valence-electron chi connectivity index (χ1n) is 5.96. The Kier molecular flexibility index (Phi) is 5.43. The Morgan fingerprint density at radius 3 is 2.45 bits per heavy atom. The number of alkyl halides is 2. The van der Waals surface area contributed by atoms with Gasteiger partial charge in [-0.2, -0.15) is 4.31 Å². The van der Waals surface area contributed by atoms with E-state index in [2.05, 4.69) is 0 Å². The predicted octanol–water partition coefficient (Wildman–Crippen LogP) is 1.13. The SMILES string of the molecule is Cc1cc(N)c(C)c(S(=O)(=O)N(CCO)CC(F)F)c1. The van der Waals surface area contributed by atoms with Crippen molar-refractivity contribution in [3.8, 4) is 0 Å². The van der Waals surface area contributed by atoms with E-state index in [1.54, 1.807) is 13.0 Å². The number of aliphatic hydroxyl groups is 1. The Hall–Kier alpha value is -1.25. The van der Waals surface area contributed by atoms with Crippen molar-refractivity contribution in [3.63, 3.8) is 0 Å². The molecular formula is C12H18F2N2O3S. The summed E-state index contributed by atoms with van der Waals surface area (Å²) in [4.78, 5) is -0.107. The Morgan fingerprint density at radius 2 is 1.95 bits per heavy atom. The first kappa shape index (κ1) is 16.8. The molecule has 5 nitrogen and oxygen atoms in total. The van der Waals surface area contributed by atoms with Crippen molar-refractivity contribution >= 4 is 15.7 Å². The molecule has 0 heterocycles. The molecule has 0 spiro atoms. The van der Waals surface area contributed by atoms with Crippen LogP contribution in [-0.4, -0.2) is 44.0 Å². The largest absolute Gasteiger partial charge is 0.398 e. The summed E-state index contributed by atoms with van der Waals surface area (Å²) >= 11 is 0. The number of hydrogen-bond acceptors (Lipinski definition) is 4. The van der Waals surface area contributed by atoms with Gasteiger partial charge in [-0.15, -0.1) is 0 Å². The third-order valence-electron chi connectivity index (χ3n) is 2.85. The van der Waals surface area contributed by atoms with Crippen molar-refractivity contribution < 1.29 is 22.3 Å². The second kappa shape index (κ2) is 6.47. The standard InChI is InChI=1S/C12H18F2N2O3S/c1-8-5-10(15)9(2)11(6-8)20(18,19)16(3-4-17)7-12(13)14/h5-6,12,17H,3-4,7,15H2,1-2H3. The van der Waals surface area contributed by atoms with Crippen LogP contribution in [0, 0.1) is 13.8 Å². The molecule has 0 amide bonds. The van der Waals surface area contributed by atoms with Gasteiger partial charge in [0, 0.05) is 12.2 Å². The van der Waals surface area contributed by atoms with Crippen LogP contribution in [0.5, 0.6) is 0 Å². The number of rotatable bonds is 6. The smallest absolute Gasteiger partial charge is 0.252 e. The number of nitrogen functional groups attached to an aromatic ring is 1. The molecule has 114 valence electrons. The maximum atomic E-state index is 12.5. The van der Waals surface area contributed by atoms with Crippen LogP contribution in [-0.2, 0) is 10.0 Å². The molecule has 0 radical (unpaired) electrons. The number of hydrogen-bond donors (Lipinski definition) is 2. The molecule has 3 N–H and O–H groups in total. The number of halogens is 2. The van der Waals surface area contributed by atoms with E-state index in [9.17, 15) is 17.2 Å².